The van der Waals surface area contributed by atoms with E-state index in [9.17, 15) is 4.79 Å². The minimum Gasteiger partial charge on any atom is -0.354 e. The summed E-state index contributed by atoms with van der Waals surface area (Å²) in [5, 5.41) is 2.95. The van der Waals surface area contributed by atoms with Crippen LogP contribution >= 0.6 is 0 Å². The van der Waals surface area contributed by atoms with Crippen molar-refractivity contribution in [3.8, 4) is 0 Å². The van der Waals surface area contributed by atoms with Crippen LogP contribution in [0, 0.1) is 0 Å². The molecular formula is C21H46N2O. The largest absolute Gasteiger partial charge is 0.354 e. The van der Waals surface area contributed by atoms with Crippen molar-refractivity contribution in [3.05, 3.63) is 0 Å². The molecular weight excluding hydrogens is 296 g/mol. The summed E-state index contributed by atoms with van der Waals surface area (Å²) in [6.07, 6.45) is 21.3. The smallest absolute Gasteiger partial charge is 0.220 e. The fraction of sp³-hybridized carbons (Fsp3) is 0.952. The molecule has 1 amide bonds. The van der Waals surface area contributed by atoms with Gasteiger partial charge in [0.25, 0.3) is 0 Å². The Morgan fingerprint density at radius 3 is 1.33 bits per heavy atom. The summed E-state index contributed by atoms with van der Waals surface area (Å²) in [6, 6.07) is 0.277. The molecule has 146 valence electrons. The van der Waals surface area contributed by atoms with Gasteiger partial charge in [-0.25, -0.2) is 0 Å². The number of hydrogen-bond acceptors (Lipinski definition) is 2. The van der Waals surface area contributed by atoms with Crippen molar-refractivity contribution in [3.63, 3.8) is 0 Å². The molecule has 0 fully saturated rings. The molecule has 0 spiro atoms. The van der Waals surface area contributed by atoms with Crippen LogP contribution < -0.4 is 11.5 Å². The Morgan fingerprint density at radius 2 is 1.00 bits per heavy atom. The van der Waals surface area contributed by atoms with E-state index >= 15 is 0 Å². The van der Waals surface area contributed by atoms with Gasteiger partial charge in [-0.2, -0.15) is 0 Å². The summed E-state index contributed by atoms with van der Waals surface area (Å²) in [4.78, 5) is 11.5. The lowest BCUT2D eigenvalue weighted by atomic mass is 10.0. The van der Waals surface area contributed by atoms with Crippen molar-refractivity contribution in [2.24, 2.45) is 0 Å². The van der Waals surface area contributed by atoms with Gasteiger partial charge in [-0.15, -0.1) is 0 Å². The van der Waals surface area contributed by atoms with Crippen LogP contribution in [0.1, 0.15) is 124 Å². The quantitative estimate of drug-likeness (QED) is 0.281. The fourth-order valence-corrected chi connectivity index (χ4v) is 3.05. The highest BCUT2D eigenvalue weighted by Crippen LogP contribution is 2.13. The zero-order valence-electron chi connectivity index (χ0n) is 17.0. The van der Waals surface area contributed by atoms with E-state index in [0.717, 1.165) is 6.42 Å². The van der Waals surface area contributed by atoms with Crippen LogP contribution in [-0.2, 0) is 4.79 Å². The second-order valence-electron chi connectivity index (χ2n) is 7.42. The Hall–Kier alpha value is -0.570. The van der Waals surface area contributed by atoms with E-state index in [2.05, 4.69) is 12.2 Å². The Morgan fingerprint density at radius 1 is 0.667 bits per heavy atom. The fourth-order valence-electron chi connectivity index (χ4n) is 3.05. The molecule has 0 aromatic carbocycles. The van der Waals surface area contributed by atoms with Gasteiger partial charge < -0.3 is 11.5 Å². The molecule has 3 nitrogen and oxygen atoms in total. The van der Waals surface area contributed by atoms with Crippen LogP contribution in [0.25, 0.3) is 0 Å². The van der Waals surface area contributed by atoms with Crippen molar-refractivity contribution in [2.45, 2.75) is 130 Å². The maximum absolute atomic E-state index is 11.5. The van der Waals surface area contributed by atoms with Crippen LogP contribution in [0.4, 0.5) is 0 Å². The van der Waals surface area contributed by atoms with Crippen LogP contribution in [0.2, 0.25) is 0 Å². The minimum atomic E-state index is 0. The molecule has 0 atom stereocenters. The van der Waals surface area contributed by atoms with Gasteiger partial charge in [0, 0.05) is 12.5 Å². The number of unbranched alkanes of at least 4 members (excludes halogenated alkanes) is 14. The lowest BCUT2D eigenvalue weighted by Crippen LogP contribution is -2.29. The molecule has 0 radical (unpaired) electrons. The average Bonchev–Trinajstić information content (AvgIpc) is 2.50. The molecule has 0 aromatic rings. The second-order valence-corrected chi connectivity index (χ2v) is 7.42. The van der Waals surface area contributed by atoms with Gasteiger partial charge in [-0.05, 0) is 20.3 Å². The second kappa shape index (κ2) is 20.5. The number of nitrogens with one attached hydrogen (secondary N) is 1. The molecule has 0 heterocycles. The van der Waals surface area contributed by atoms with Crippen molar-refractivity contribution < 1.29 is 4.79 Å². The predicted octanol–water partition coefficient (Wildman–Crippen LogP) is 6.93. The summed E-state index contributed by atoms with van der Waals surface area (Å²) in [5.41, 5.74) is 0. The summed E-state index contributed by atoms with van der Waals surface area (Å²) < 4.78 is 0. The molecule has 0 saturated carbocycles. The van der Waals surface area contributed by atoms with Crippen molar-refractivity contribution in [1.29, 1.82) is 0 Å². The number of carbonyl (C=O) groups excluding carboxylic acids is 1. The predicted molar refractivity (Wildman–Crippen MR) is 108 cm³/mol. The highest BCUT2D eigenvalue weighted by Gasteiger charge is 2.02. The van der Waals surface area contributed by atoms with E-state index in [4.69, 9.17) is 0 Å². The summed E-state index contributed by atoms with van der Waals surface area (Å²) in [7, 11) is 0. The first kappa shape index (κ1) is 25.7. The topological polar surface area (TPSA) is 64.1 Å². The first-order valence-electron chi connectivity index (χ1n) is 10.5. The highest BCUT2D eigenvalue weighted by molar-refractivity contribution is 5.76. The van der Waals surface area contributed by atoms with E-state index in [-0.39, 0.29) is 18.1 Å². The minimum absolute atomic E-state index is 0. The molecule has 0 aliphatic heterocycles. The van der Waals surface area contributed by atoms with E-state index in [1.807, 2.05) is 13.8 Å². The van der Waals surface area contributed by atoms with Gasteiger partial charge in [-0.1, -0.05) is 96.8 Å². The Kier molecular flexibility index (Phi) is 21.9. The number of carbonyl (C=O) groups is 1. The molecule has 4 N–H and O–H groups in total. The summed E-state index contributed by atoms with van der Waals surface area (Å²) in [6.45, 7) is 6.32. The van der Waals surface area contributed by atoms with E-state index in [1.54, 1.807) is 0 Å². The first-order chi connectivity index (χ1) is 11.2. The van der Waals surface area contributed by atoms with Crippen molar-refractivity contribution in [1.82, 2.24) is 11.5 Å². The molecule has 0 aliphatic carbocycles. The van der Waals surface area contributed by atoms with E-state index in [0.29, 0.717) is 6.42 Å². The van der Waals surface area contributed by atoms with Gasteiger partial charge >= 0.3 is 0 Å². The van der Waals surface area contributed by atoms with Gasteiger partial charge in [0.2, 0.25) is 5.91 Å². The zero-order valence-corrected chi connectivity index (χ0v) is 17.0. The van der Waals surface area contributed by atoms with Crippen molar-refractivity contribution >= 4 is 5.91 Å². The molecule has 3 heteroatoms. The Balaban J connectivity index is 0. The normalized spacial score (nSPS) is 10.7. The Labute approximate surface area is 152 Å². The zero-order chi connectivity index (χ0) is 17.2. The highest BCUT2D eigenvalue weighted by atomic mass is 16.1. The third kappa shape index (κ3) is 21.4. The molecule has 24 heavy (non-hydrogen) atoms. The van der Waals surface area contributed by atoms with E-state index < -0.39 is 0 Å². The molecule has 0 rings (SSSR count). The van der Waals surface area contributed by atoms with Gasteiger partial charge in [0.15, 0.2) is 0 Å². The average molecular weight is 343 g/mol. The summed E-state index contributed by atoms with van der Waals surface area (Å²) in [5.74, 6) is 0.217. The van der Waals surface area contributed by atoms with Crippen LogP contribution in [0.3, 0.4) is 0 Å². The van der Waals surface area contributed by atoms with Gasteiger partial charge in [0.05, 0.1) is 0 Å². The SMILES string of the molecule is CCCCCCCCCCCCCCCCCC(=O)NC(C)C.N. The number of amides is 1. The Bertz CT molecular complexity index is 254. The molecule has 0 unspecified atom stereocenters. The standard InChI is InChI=1S/C21H43NO.H3N/c1-4-5-6-7-8-9-10-11-12-13-14-15-16-17-18-19-21(23)22-20(2)3;/h20H,4-19H2,1-3H3,(H,22,23);1H3. The first-order valence-corrected chi connectivity index (χ1v) is 10.5. The number of rotatable bonds is 17. The molecule has 0 saturated heterocycles. The lowest BCUT2D eigenvalue weighted by Gasteiger charge is -2.07. The third-order valence-corrected chi connectivity index (χ3v) is 4.46. The van der Waals surface area contributed by atoms with Crippen LogP contribution in [-0.4, -0.2) is 11.9 Å². The lowest BCUT2D eigenvalue weighted by molar-refractivity contribution is -0.121. The van der Waals surface area contributed by atoms with E-state index in [1.165, 1.54) is 89.9 Å². The van der Waals surface area contributed by atoms with Gasteiger partial charge in [0.1, 0.15) is 0 Å². The van der Waals surface area contributed by atoms with Gasteiger partial charge in [-0.3, -0.25) is 4.79 Å². The molecule has 0 aromatic heterocycles. The van der Waals surface area contributed by atoms with Crippen LogP contribution in [0.15, 0.2) is 0 Å². The maximum atomic E-state index is 11.5. The molecule has 0 bridgehead atoms. The monoisotopic (exact) mass is 342 g/mol. The van der Waals surface area contributed by atoms with Crippen LogP contribution in [0.5, 0.6) is 0 Å². The maximum Gasteiger partial charge on any atom is 0.220 e. The third-order valence-electron chi connectivity index (χ3n) is 4.46. The van der Waals surface area contributed by atoms with Crippen molar-refractivity contribution in [2.75, 3.05) is 0 Å². The number of hydrogen-bond donors (Lipinski definition) is 2. The molecule has 0 aliphatic rings. The summed E-state index contributed by atoms with van der Waals surface area (Å²) >= 11 is 0.